The Morgan fingerprint density at radius 2 is 1.28 bits per heavy atom. The third-order valence-corrected chi connectivity index (χ3v) is 5.23. The molecule has 4 rings (SSSR count). The number of rotatable bonds is 5. The number of amides is 6. The minimum absolute atomic E-state index is 0.00497. The fraction of sp³-hybridized carbons (Fsp3) is 0.182. The molecule has 6 amide bonds. The SMILES string of the molecule is CC(=O)NCNC(=O)c1ccc2c(c1)C(=O)N(CN1C(=O)c3ccc(C)cc3C1=O)C2=O. The topological polar surface area (TPSA) is 133 Å². The summed E-state index contributed by atoms with van der Waals surface area (Å²) in [7, 11) is 0. The van der Waals surface area contributed by atoms with Crippen LogP contribution in [-0.2, 0) is 4.79 Å². The Morgan fingerprint density at radius 1 is 0.750 bits per heavy atom. The molecule has 2 aromatic carbocycles. The van der Waals surface area contributed by atoms with E-state index in [1.54, 1.807) is 25.1 Å². The van der Waals surface area contributed by atoms with Gasteiger partial charge in [0.1, 0.15) is 6.67 Å². The van der Waals surface area contributed by atoms with E-state index in [0.29, 0.717) is 0 Å². The lowest BCUT2D eigenvalue weighted by Gasteiger charge is -2.20. The smallest absolute Gasteiger partial charge is 0.263 e. The van der Waals surface area contributed by atoms with Crippen LogP contribution in [0.5, 0.6) is 0 Å². The van der Waals surface area contributed by atoms with Crippen LogP contribution in [0.4, 0.5) is 0 Å². The van der Waals surface area contributed by atoms with E-state index in [0.717, 1.165) is 15.4 Å². The minimum atomic E-state index is -0.714. The van der Waals surface area contributed by atoms with E-state index in [9.17, 15) is 28.8 Å². The normalized spacial score (nSPS) is 14.6. The highest BCUT2D eigenvalue weighted by atomic mass is 16.2. The molecule has 2 heterocycles. The lowest BCUT2D eigenvalue weighted by Crippen LogP contribution is -2.43. The van der Waals surface area contributed by atoms with Gasteiger partial charge in [0.2, 0.25) is 5.91 Å². The minimum Gasteiger partial charge on any atom is -0.339 e. The molecule has 2 aromatic rings. The summed E-state index contributed by atoms with van der Waals surface area (Å²) >= 11 is 0. The lowest BCUT2D eigenvalue weighted by molar-refractivity contribution is -0.119. The summed E-state index contributed by atoms with van der Waals surface area (Å²) in [4.78, 5) is 75.8. The predicted molar refractivity (Wildman–Crippen MR) is 110 cm³/mol. The fourth-order valence-electron chi connectivity index (χ4n) is 3.59. The van der Waals surface area contributed by atoms with Crippen molar-refractivity contribution in [2.24, 2.45) is 0 Å². The molecule has 0 fully saturated rings. The highest BCUT2D eigenvalue weighted by molar-refractivity contribution is 6.24. The second-order valence-electron chi connectivity index (χ2n) is 7.44. The molecule has 2 aliphatic rings. The summed E-state index contributed by atoms with van der Waals surface area (Å²) in [6.07, 6.45) is 0. The number of imide groups is 2. The van der Waals surface area contributed by atoms with Crippen LogP contribution in [0.3, 0.4) is 0 Å². The largest absolute Gasteiger partial charge is 0.339 e. The van der Waals surface area contributed by atoms with Crippen molar-refractivity contribution in [3.63, 3.8) is 0 Å². The average molecular weight is 434 g/mol. The first-order valence-electron chi connectivity index (χ1n) is 9.68. The van der Waals surface area contributed by atoms with Crippen LogP contribution >= 0.6 is 0 Å². The monoisotopic (exact) mass is 434 g/mol. The number of hydrogen-bond donors (Lipinski definition) is 2. The standard InChI is InChI=1S/C22H18N4O6/c1-11-3-5-14-16(7-11)21(31)25(19(14)29)10-26-20(30)15-6-4-13(8-17(15)22(26)32)18(28)24-9-23-12(2)27/h3-8H,9-10H2,1-2H3,(H,23,27)(H,24,28). The van der Waals surface area contributed by atoms with Gasteiger partial charge in [-0.3, -0.25) is 38.6 Å². The van der Waals surface area contributed by atoms with E-state index in [1.165, 1.54) is 25.1 Å². The highest BCUT2D eigenvalue weighted by Gasteiger charge is 2.42. The lowest BCUT2D eigenvalue weighted by atomic mass is 10.1. The number of carbonyl (C=O) groups is 6. The molecule has 0 unspecified atom stereocenters. The average Bonchev–Trinajstić information content (AvgIpc) is 3.13. The van der Waals surface area contributed by atoms with Gasteiger partial charge in [0.25, 0.3) is 29.5 Å². The quantitative estimate of drug-likeness (QED) is 0.525. The second-order valence-corrected chi connectivity index (χ2v) is 7.44. The van der Waals surface area contributed by atoms with E-state index in [-0.39, 0.29) is 40.4 Å². The van der Waals surface area contributed by atoms with E-state index < -0.39 is 36.2 Å². The Hall–Kier alpha value is -4.34. The van der Waals surface area contributed by atoms with Crippen molar-refractivity contribution < 1.29 is 28.8 Å². The zero-order valence-corrected chi connectivity index (χ0v) is 17.2. The first kappa shape index (κ1) is 20.9. The van der Waals surface area contributed by atoms with Gasteiger partial charge in [-0.15, -0.1) is 0 Å². The third-order valence-electron chi connectivity index (χ3n) is 5.23. The van der Waals surface area contributed by atoms with Crippen molar-refractivity contribution in [1.29, 1.82) is 0 Å². The third kappa shape index (κ3) is 3.41. The zero-order valence-electron chi connectivity index (χ0n) is 17.2. The Labute approximate surface area is 182 Å². The maximum atomic E-state index is 12.9. The molecule has 0 spiro atoms. The van der Waals surface area contributed by atoms with Crippen LogP contribution in [0.15, 0.2) is 36.4 Å². The number of aryl methyl sites for hydroxylation is 1. The molecule has 0 bridgehead atoms. The first-order valence-corrected chi connectivity index (χ1v) is 9.68. The molecule has 0 aliphatic carbocycles. The first-order chi connectivity index (χ1) is 15.2. The summed E-state index contributed by atoms with van der Waals surface area (Å²) < 4.78 is 0. The molecule has 2 N–H and O–H groups in total. The summed E-state index contributed by atoms with van der Waals surface area (Å²) in [6.45, 7) is 2.47. The van der Waals surface area contributed by atoms with Crippen LogP contribution in [-0.4, -0.2) is 58.6 Å². The van der Waals surface area contributed by atoms with E-state index in [4.69, 9.17) is 0 Å². The Bertz CT molecular complexity index is 1230. The predicted octanol–water partition coefficient (Wildman–Crippen LogP) is 0.668. The van der Waals surface area contributed by atoms with Crippen LogP contribution in [0.1, 0.15) is 64.3 Å². The van der Waals surface area contributed by atoms with Gasteiger partial charge in [-0.1, -0.05) is 11.6 Å². The molecule has 162 valence electrons. The number of benzene rings is 2. The van der Waals surface area contributed by atoms with Gasteiger partial charge in [0.05, 0.1) is 28.9 Å². The molecule has 0 saturated carbocycles. The van der Waals surface area contributed by atoms with Crippen molar-refractivity contribution in [2.45, 2.75) is 13.8 Å². The van der Waals surface area contributed by atoms with Gasteiger partial charge in [-0.05, 0) is 37.3 Å². The Balaban J connectivity index is 1.53. The zero-order chi connectivity index (χ0) is 23.2. The number of fused-ring (bicyclic) bond motifs is 2. The molecular weight excluding hydrogens is 416 g/mol. The Kier molecular flexibility index (Phi) is 5.05. The molecular formula is C22H18N4O6. The van der Waals surface area contributed by atoms with Gasteiger partial charge < -0.3 is 10.6 Å². The van der Waals surface area contributed by atoms with E-state index >= 15 is 0 Å². The Morgan fingerprint density at radius 3 is 1.88 bits per heavy atom. The molecule has 10 heteroatoms. The maximum Gasteiger partial charge on any atom is 0.263 e. The van der Waals surface area contributed by atoms with Crippen molar-refractivity contribution in [3.05, 3.63) is 69.8 Å². The summed E-state index contributed by atoms with van der Waals surface area (Å²) in [6, 6.07) is 8.82. The molecule has 32 heavy (non-hydrogen) atoms. The molecule has 0 radical (unpaired) electrons. The second kappa shape index (κ2) is 7.73. The van der Waals surface area contributed by atoms with Crippen molar-refractivity contribution >= 4 is 35.4 Å². The van der Waals surface area contributed by atoms with Gasteiger partial charge in [-0.2, -0.15) is 0 Å². The van der Waals surface area contributed by atoms with Crippen molar-refractivity contribution in [3.8, 4) is 0 Å². The van der Waals surface area contributed by atoms with Crippen molar-refractivity contribution in [1.82, 2.24) is 20.4 Å². The summed E-state index contributed by atoms with van der Waals surface area (Å²) in [5.41, 5.74) is 1.43. The van der Waals surface area contributed by atoms with Gasteiger partial charge in [-0.25, -0.2) is 0 Å². The number of hydrogen-bond acceptors (Lipinski definition) is 6. The van der Waals surface area contributed by atoms with Crippen molar-refractivity contribution in [2.75, 3.05) is 13.3 Å². The molecule has 2 aliphatic heterocycles. The maximum absolute atomic E-state index is 12.9. The number of nitrogens with one attached hydrogen (secondary N) is 2. The van der Waals surface area contributed by atoms with E-state index in [1.807, 2.05) is 0 Å². The van der Waals surface area contributed by atoms with Crippen LogP contribution in [0.25, 0.3) is 0 Å². The molecule has 0 saturated heterocycles. The number of carbonyl (C=O) groups excluding carboxylic acids is 6. The summed E-state index contributed by atoms with van der Waals surface area (Å²) in [5, 5.41) is 4.88. The van der Waals surface area contributed by atoms with Gasteiger partial charge in [0.15, 0.2) is 0 Å². The van der Waals surface area contributed by atoms with Crippen LogP contribution < -0.4 is 10.6 Å². The van der Waals surface area contributed by atoms with Crippen LogP contribution in [0.2, 0.25) is 0 Å². The molecule has 0 aromatic heterocycles. The number of nitrogens with zero attached hydrogens (tertiary/aromatic N) is 2. The molecule has 10 nitrogen and oxygen atoms in total. The van der Waals surface area contributed by atoms with Gasteiger partial charge in [0, 0.05) is 12.5 Å². The van der Waals surface area contributed by atoms with Gasteiger partial charge >= 0.3 is 0 Å². The van der Waals surface area contributed by atoms with Crippen LogP contribution in [0, 0.1) is 6.92 Å². The highest BCUT2D eigenvalue weighted by Crippen LogP contribution is 2.28. The van der Waals surface area contributed by atoms with E-state index in [2.05, 4.69) is 10.6 Å². The fourth-order valence-corrected chi connectivity index (χ4v) is 3.59. The molecule has 0 atom stereocenters. The summed E-state index contributed by atoms with van der Waals surface area (Å²) in [5.74, 6) is -3.41.